The molecule has 0 aliphatic carbocycles. The van der Waals surface area contributed by atoms with Crippen LogP contribution in [0.5, 0.6) is 5.75 Å². The average Bonchev–Trinajstić information content (AvgIpc) is 2.27. The van der Waals surface area contributed by atoms with Crippen LogP contribution in [0.15, 0.2) is 24.3 Å². The smallest absolute Gasteiger partial charge is 0.135 e. The van der Waals surface area contributed by atoms with Gasteiger partial charge in [0.05, 0.1) is 13.2 Å². The zero-order valence-electron chi connectivity index (χ0n) is 9.23. The van der Waals surface area contributed by atoms with E-state index in [1.54, 1.807) is 38.3 Å². The minimum absolute atomic E-state index is 0.0154. The number of hydrogen-bond donors (Lipinski definition) is 1. The predicted molar refractivity (Wildman–Crippen MR) is 57.8 cm³/mol. The Morgan fingerprint density at radius 2 is 1.87 bits per heavy atom. The van der Waals surface area contributed by atoms with Gasteiger partial charge in [-0.3, -0.25) is 4.79 Å². The molecule has 0 spiro atoms. The van der Waals surface area contributed by atoms with Gasteiger partial charge in [0, 0.05) is 5.92 Å². The van der Waals surface area contributed by atoms with Gasteiger partial charge in [-0.1, -0.05) is 19.1 Å². The van der Waals surface area contributed by atoms with E-state index < -0.39 is 6.10 Å². The number of carbonyl (C=O) groups excluding carboxylic acids is 1. The lowest BCUT2D eigenvalue weighted by molar-refractivity contribution is -0.123. The Hall–Kier alpha value is -1.35. The van der Waals surface area contributed by atoms with Gasteiger partial charge in [0.1, 0.15) is 11.5 Å². The zero-order chi connectivity index (χ0) is 11.4. The fourth-order valence-electron chi connectivity index (χ4n) is 1.31. The van der Waals surface area contributed by atoms with Gasteiger partial charge >= 0.3 is 0 Å². The number of rotatable bonds is 4. The van der Waals surface area contributed by atoms with E-state index in [1.807, 2.05) is 0 Å². The van der Waals surface area contributed by atoms with E-state index in [0.717, 1.165) is 11.3 Å². The number of ketones is 1. The van der Waals surface area contributed by atoms with Gasteiger partial charge in [-0.15, -0.1) is 0 Å². The Labute approximate surface area is 89.7 Å². The highest BCUT2D eigenvalue weighted by molar-refractivity contribution is 5.78. The standard InChI is InChI=1S/C12H16O3/c1-8(9(2)13)12(14)10-4-6-11(15-3)7-5-10/h4-8,12,14H,1-3H3. The third kappa shape index (κ3) is 2.80. The highest BCUT2D eigenvalue weighted by Gasteiger charge is 2.19. The first-order valence-corrected chi connectivity index (χ1v) is 4.88. The SMILES string of the molecule is COc1ccc(C(O)C(C)C(C)=O)cc1. The Balaban J connectivity index is 2.82. The van der Waals surface area contributed by atoms with Crippen molar-refractivity contribution in [2.24, 2.45) is 5.92 Å². The van der Waals surface area contributed by atoms with Crippen molar-refractivity contribution in [3.8, 4) is 5.75 Å². The fourth-order valence-corrected chi connectivity index (χ4v) is 1.31. The van der Waals surface area contributed by atoms with Crippen LogP contribution in [0, 0.1) is 5.92 Å². The van der Waals surface area contributed by atoms with E-state index in [1.165, 1.54) is 6.92 Å². The molecule has 0 bridgehead atoms. The summed E-state index contributed by atoms with van der Waals surface area (Å²) < 4.78 is 5.01. The molecule has 82 valence electrons. The third-order valence-electron chi connectivity index (χ3n) is 2.57. The number of benzene rings is 1. The first-order valence-electron chi connectivity index (χ1n) is 4.88. The lowest BCUT2D eigenvalue weighted by atomic mass is 9.94. The van der Waals surface area contributed by atoms with Crippen molar-refractivity contribution in [1.82, 2.24) is 0 Å². The van der Waals surface area contributed by atoms with E-state index >= 15 is 0 Å². The number of carbonyl (C=O) groups is 1. The van der Waals surface area contributed by atoms with Crippen molar-refractivity contribution in [3.63, 3.8) is 0 Å². The molecule has 1 N–H and O–H groups in total. The minimum Gasteiger partial charge on any atom is -0.497 e. The lowest BCUT2D eigenvalue weighted by Crippen LogP contribution is -2.16. The molecule has 0 saturated heterocycles. The number of methoxy groups -OCH3 is 1. The molecular weight excluding hydrogens is 192 g/mol. The summed E-state index contributed by atoms with van der Waals surface area (Å²) in [4.78, 5) is 11.1. The highest BCUT2D eigenvalue weighted by atomic mass is 16.5. The minimum atomic E-state index is -0.742. The molecule has 2 unspecified atom stereocenters. The molecule has 0 aliphatic heterocycles. The number of aliphatic hydroxyl groups excluding tert-OH is 1. The van der Waals surface area contributed by atoms with Crippen LogP contribution in [0.25, 0.3) is 0 Å². The third-order valence-corrected chi connectivity index (χ3v) is 2.57. The molecule has 1 aromatic rings. The lowest BCUT2D eigenvalue weighted by Gasteiger charge is -2.16. The van der Waals surface area contributed by atoms with E-state index in [-0.39, 0.29) is 11.7 Å². The van der Waals surface area contributed by atoms with Crippen LogP contribution in [0.3, 0.4) is 0 Å². The molecule has 0 aromatic heterocycles. The Bertz CT molecular complexity index is 329. The molecular formula is C12H16O3. The van der Waals surface area contributed by atoms with Gasteiger partial charge in [0.2, 0.25) is 0 Å². The first kappa shape index (κ1) is 11.7. The molecule has 0 amide bonds. The van der Waals surface area contributed by atoms with Crippen LogP contribution in [0.4, 0.5) is 0 Å². The summed E-state index contributed by atoms with van der Waals surface area (Å²) in [6, 6.07) is 7.07. The van der Waals surface area contributed by atoms with E-state index in [9.17, 15) is 9.90 Å². The van der Waals surface area contributed by atoms with E-state index in [0.29, 0.717) is 0 Å². The summed E-state index contributed by atoms with van der Waals surface area (Å²) in [5.74, 6) is 0.346. The zero-order valence-corrected chi connectivity index (χ0v) is 9.23. The monoisotopic (exact) mass is 208 g/mol. The molecule has 0 heterocycles. The van der Waals surface area contributed by atoms with Crippen LogP contribution < -0.4 is 4.74 Å². The second-order valence-corrected chi connectivity index (χ2v) is 3.62. The molecule has 2 atom stereocenters. The van der Waals surface area contributed by atoms with Gasteiger partial charge in [-0.25, -0.2) is 0 Å². The number of hydrogen-bond acceptors (Lipinski definition) is 3. The molecule has 0 radical (unpaired) electrons. The van der Waals surface area contributed by atoms with Crippen LogP contribution in [-0.2, 0) is 4.79 Å². The van der Waals surface area contributed by atoms with Gasteiger partial charge in [-0.2, -0.15) is 0 Å². The normalized spacial score (nSPS) is 14.4. The maximum Gasteiger partial charge on any atom is 0.135 e. The molecule has 3 nitrogen and oxygen atoms in total. The van der Waals surface area contributed by atoms with Crippen molar-refractivity contribution >= 4 is 5.78 Å². The molecule has 15 heavy (non-hydrogen) atoms. The molecule has 1 aromatic carbocycles. The largest absolute Gasteiger partial charge is 0.497 e. The van der Waals surface area contributed by atoms with Crippen LogP contribution in [-0.4, -0.2) is 18.0 Å². The Morgan fingerprint density at radius 3 is 2.27 bits per heavy atom. The molecule has 0 aliphatic rings. The summed E-state index contributed by atoms with van der Waals surface area (Å²) in [5.41, 5.74) is 0.735. The van der Waals surface area contributed by atoms with Crippen molar-refractivity contribution in [2.75, 3.05) is 7.11 Å². The fraction of sp³-hybridized carbons (Fsp3) is 0.417. The Morgan fingerprint density at radius 1 is 1.33 bits per heavy atom. The molecule has 0 fully saturated rings. The predicted octanol–water partition coefficient (Wildman–Crippen LogP) is 1.95. The maximum absolute atomic E-state index is 11.1. The van der Waals surface area contributed by atoms with Gasteiger partial charge in [-0.05, 0) is 24.6 Å². The van der Waals surface area contributed by atoms with Crippen molar-refractivity contribution in [1.29, 1.82) is 0 Å². The average molecular weight is 208 g/mol. The van der Waals surface area contributed by atoms with E-state index in [2.05, 4.69) is 0 Å². The van der Waals surface area contributed by atoms with Crippen LogP contribution in [0.1, 0.15) is 25.5 Å². The number of Topliss-reactive ketones (excluding diaryl/α,β-unsaturated/α-hetero) is 1. The highest BCUT2D eigenvalue weighted by Crippen LogP contribution is 2.24. The summed E-state index contributed by atoms with van der Waals surface area (Å²) in [6.45, 7) is 3.20. The van der Waals surface area contributed by atoms with E-state index in [4.69, 9.17) is 4.74 Å². The van der Waals surface area contributed by atoms with Gasteiger partial charge < -0.3 is 9.84 Å². The van der Waals surface area contributed by atoms with Crippen molar-refractivity contribution in [3.05, 3.63) is 29.8 Å². The van der Waals surface area contributed by atoms with Crippen LogP contribution >= 0.6 is 0 Å². The summed E-state index contributed by atoms with van der Waals surface area (Å²) in [7, 11) is 1.59. The van der Waals surface area contributed by atoms with Crippen molar-refractivity contribution < 1.29 is 14.6 Å². The molecule has 0 saturated carbocycles. The van der Waals surface area contributed by atoms with Crippen molar-refractivity contribution in [2.45, 2.75) is 20.0 Å². The quantitative estimate of drug-likeness (QED) is 0.822. The first-order chi connectivity index (χ1) is 7.06. The summed E-state index contributed by atoms with van der Waals surface area (Å²) in [5, 5.41) is 9.86. The second kappa shape index (κ2) is 4.94. The van der Waals surface area contributed by atoms with Gasteiger partial charge in [0.15, 0.2) is 0 Å². The van der Waals surface area contributed by atoms with Crippen LogP contribution in [0.2, 0.25) is 0 Å². The molecule has 3 heteroatoms. The number of aliphatic hydroxyl groups is 1. The van der Waals surface area contributed by atoms with Gasteiger partial charge in [0.25, 0.3) is 0 Å². The summed E-state index contributed by atoms with van der Waals surface area (Å²) >= 11 is 0. The second-order valence-electron chi connectivity index (χ2n) is 3.62. The number of ether oxygens (including phenoxy) is 1. The summed E-state index contributed by atoms with van der Waals surface area (Å²) in [6.07, 6.45) is -0.742. The maximum atomic E-state index is 11.1. The Kier molecular flexibility index (Phi) is 3.86. The topological polar surface area (TPSA) is 46.5 Å². The molecule has 1 rings (SSSR count).